The third-order valence-corrected chi connectivity index (χ3v) is 3.15. The monoisotopic (exact) mass is 240 g/mol. The maximum absolute atomic E-state index is 6.08. The maximum atomic E-state index is 6.08. The van der Waals surface area contributed by atoms with Gasteiger partial charge in [-0.05, 0) is 39.9 Å². The smallest absolute Gasteiger partial charge is 0.0413 e. The summed E-state index contributed by atoms with van der Waals surface area (Å²) in [5.41, 5.74) is 7.26. The van der Waals surface area contributed by atoms with E-state index in [4.69, 9.17) is 5.73 Å². The molecule has 0 aromatic carbocycles. The van der Waals surface area contributed by atoms with E-state index in [9.17, 15) is 0 Å². The Labute approximate surface area is 86.7 Å². The third kappa shape index (κ3) is 2.29. The Morgan fingerprint density at radius 3 is 3.00 bits per heavy atom. The number of hydrogen-bond donors (Lipinski definition) is 1. The number of aromatic nitrogens is 1. The van der Waals surface area contributed by atoms with Gasteiger partial charge in [-0.25, -0.2) is 0 Å². The van der Waals surface area contributed by atoms with Crippen molar-refractivity contribution in [1.82, 2.24) is 4.98 Å². The maximum Gasteiger partial charge on any atom is 0.0413 e. The van der Waals surface area contributed by atoms with Crippen LogP contribution in [0.4, 0.5) is 0 Å². The number of rotatable bonds is 3. The molecule has 0 aliphatic heterocycles. The molecule has 0 bridgehead atoms. The molecule has 1 aliphatic carbocycles. The fraction of sp³-hybridized carbons (Fsp3) is 0.500. The summed E-state index contributed by atoms with van der Waals surface area (Å²) in [5.74, 6) is 0.870. The number of halogens is 1. The van der Waals surface area contributed by atoms with E-state index in [1.165, 1.54) is 18.4 Å². The van der Waals surface area contributed by atoms with Gasteiger partial charge in [0.1, 0.15) is 0 Å². The van der Waals surface area contributed by atoms with Crippen LogP contribution in [0, 0.1) is 5.92 Å². The fourth-order valence-corrected chi connectivity index (χ4v) is 2.07. The van der Waals surface area contributed by atoms with Gasteiger partial charge < -0.3 is 5.73 Å². The second-order valence-corrected chi connectivity index (χ2v) is 4.54. The number of hydrogen-bond acceptors (Lipinski definition) is 2. The summed E-state index contributed by atoms with van der Waals surface area (Å²) < 4.78 is 1.03. The summed E-state index contributed by atoms with van der Waals surface area (Å²) in [6.45, 7) is 0. The van der Waals surface area contributed by atoms with Crippen LogP contribution in [-0.4, -0.2) is 4.98 Å². The first-order chi connectivity index (χ1) is 6.27. The van der Waals surface area contributed by atoms with Crippen LogP contribution in [0.2, 0.25) is 0 Å². The van der Waals surface area contributed by atoms with Crippen molar-refractivity contribution in [3.63, 3.8) is 0 Å². The van der Waals surface area contributed by atoms with Crippen LogP contribution in [0.3, 0.4) is 0 Å². The van der Waals surface area contributed by atoms with Gasteiger partial charge in [0.15, 0.2) is 0 Å². The van der Waals surface area contributed by atoms with E-state index in [0.29, 0.717) is 0 Å². The third-order valence-electron chi connectivity index (χ3n) is 2.49. The average molecular weight is 241 g/mol. The van der Waals surface area contributed by atoms with E-state index >= 15 is 0 Å². The minimum atomic E-state index is 0.171. The SMILES string of the molecule is N[C@H](CC1CC1)c1ccncc1Br. The molecule has 2 N–H and O–H groups in total. The minimum Gasteiger partial charge on any atom is -0.324 e. The van der Waals surface area contributed by atoms with Crippen LogP contribution in [0.5, 0.6) is 0 Å². The molecule has 1 aromatic heterocycles. The van der Waals surface area contributed by atoms with E-state index in [0.717, 1.165) is 16.8 Å². The predicted molar refractivity (Wildman–Crippen MR) is 56.2 cm³/mol. The lowest BCUT2D eigenvalue weighted by molar-refractivity contribution is 0.594. The van der Waals surface area contributed by atoms with Gasteiger partial charge in [-0.2, -0.15) is 0 Å². The lowest BCUT2D eigenvalue weighted by Crippen LogP contribution is -2.11. The summed E-state index contributed by atoms with van der Waals surface area (Å²) in [6.07, 6.45) is 7.43. The Morgan fingerprint density at radius 1 is 1.62 bits per heavy atom. The first-order valence-corrected chi connectivity index (χ1v) is 5.41. The van der Waals surface area contributed by atoms with Gasteiger partial charge in [0.25, 0.3) is 0 Å². The highest BCUT2D eigenvalue weighted by Gasteiger charge is 2.25. The molecule has 3 heteroatoms. The molecule has 0 amide bonds. The van der Waals surface area contributed by atoms with Crippen LogP contribution in [0.25, 0.3) is 0 Å². The molecule has 1 heterocycles. The van der Waals surface area contributed by atoms with Crippen LogP contribution < -0.4 is 5.73 Å². The van der Waals surface area contributed by atoms with Crippen LogP contribution in [0.15, 0.2) is 22.9 Å². The standard InChI is InChI=1S/C10H13BrN2/c11-9-6-13-4-3-8(9)10(12)5-7-1-2-7/h3-4,6-7,10H,1-2,5,12H2/t10-/m1/s1. The quantitative estimate of drug-likeness (QED) is 0.883. The zero-order chi connectivity index (χ0) is 9.26. The zero-order valence-corrected chi connectivity index (χ0v) is 9.00. The second kappa shape index (κ2) is 3.76. The molecule has 70 valence electrons. The Kier molecular flexibility index (Phi) is 2.65. The van der Waals surface area contributed by atoms with Crippen molar-refractivity contribution in [2.75, 3.05) is 0 Å². The molecule has 2 rings (SSSR count). The van der Waals surface area contributed by atoms with Crippen LogP contribution in [0.1, 0.15) is 30.9 Å². The van der Waals surface area contributed by atoms with Crippen molar-refractivity contribution in [2.24, 2.45) is 11.7 Å². The van der Waals surface area contributed by atoms with E-state index in [-0.39, 0.29) is 6.04 Å². The van der Waals surface area contributed by atoms with Crippen LogP contribution >= 0.6 is 15.9 Å². The van der Waals surface area contributed by atoms with Crippen molar-refractivity contribution in [2.45, 2.75) is 25.3 Å². The summed E-state index contributed by atoms with van der Waals surface area (Å²) in [4.78, 5) is 4.02. The van der Waals surface area contributed by atoms with Crippen molar-refractivity contribution in [3.05, 3.63) is 28.5 Å². The lowest BCUT2D eigenvalue weighted by atomic mass is 10.0. The Hall–Kier alpha value is -0.410. The Balaban J connectivity index is 2.09. The van der Waals surface area contributed by atoms with E-state index in [2.05, 4.69) is 20.9 Å². The average Bonchev–Trinajstić information content (AvgIpc) is 2.89. The molecule has 13 heavy (non-hydrogen) atoms. The Bertz CT molecular complexity index is 297. The molecular formula is C10H13BrN2. The number of nitrogens with two attached hydrogens (primary N) is 1. The molecule has 0 spiro atoms. The van der Waals surface area contributed by atoms with Gasteiger partial charge in [-0.3, -0.25) is 4.98 Å². The molecule has 1 fully saturated rings. The lowest BCUT2D eigenvalue weighted by Gasteiger charge is -2.12. The summed E-state index contributed by atoms with van der Waals surface area (Å²) in [7, 11) is 0. The molecular weight excluding hydrogens is 228 g/mol. The predicted octanol–water partition coefficient (Wildman–Crippen LogP) is 2.64. The van der Waals surface area contributed by atoms with E-state index in [1.54, 1.807) is 6.20 Å². The van der Waals surface area contributed by atoms with Crippen molar-refractivity contribution in [1.29, 1.82) is 0 Å². The number of pyridine rings is 1. The van der Waals surface area contributed by atoms with E-state index in [1.807, 2.05) is 12.3 Å². The van der Waals surface area contributed by atoms with Crippen molar-refractivity contribution >= 4 is 15.9 Å². The fourth-order valence-electron chi connectivity index (χ4n) is 1.53. The van der Waals surface area contributed by atoms with Gasteiger partial charge >= 0.3 is 0 Å². The molecule has 1 aliphatic rings. The summed E-state index contributed by atoms with van der Waals surface area (Å²) in [6, 6.07) is 2.17. The zero-order valence-electron chi connectivity index (χ0n) is 7.41. The first kappa shape index (κ1) is 9.16. The molecule has 1 aromatic rings. The normalized spacial score (nSPS) is 18.6. The molecule has 1 atom stereocenters. The first-order valence-electron chi connectivity index (χ1n) is 4.62. The molecule has 0 radical (unpaired) electrons. The largest absolute Gasteiger partial charge is 0.324 e. The topological polar surface area (TPSA) is 38.9 Å². The van der Waals surface area contributed by atoms with Crippen molar-refractivity contribution in [3.8, 4) is 0 Å². The molecule has 2 nitrogen and oxygen atoms in total. The van der Waals surface area contributed by atoms with Crippen LogP contribution in [-0.2, 0) is 0 Å². The van der Waals surface area contributed by atoms with Gasteiger partial charge in [0.05, 0.1) is 0 Å². The minimum absolute atomic E-state index is 0.171. The van der Waals surface area contributed by atoms with Gasteiger partial charge in [0, 0.05) is 22.9 Å². The Morgan fingerprint density at radius 2 is 2.38 bits per heavy atom. The molecule has 1 saturated carbocycles. The second-order valence-electron chi connectivity index (χ2n) is 3.68. The highest BCUT2D eigenvalue weighted by molar-refractivity contribution is 9.10. The summed E-state index contributed by atoms with van der Waals surface area (Å²) >= 11 is 3.46. The van der Waals surface area contributed by atoms with Gasteiger partial charge in [-0.15, -0.1) is 0 Å². The highest BCUT2D eigenvalue weighted by atomic mass is 79.9. The molecule has 0 saturated heterocycles. The van der Waals surface area contributed by atoms with Gasteiger partial charge in [-0.1, -0.05) is 12.8 Å². The highest BCUT2D eigenvalue weighted by Crippen LogP contribution is 2.37. The summed E-state index contributed by atoms with van der Waals surface area (Å²) in [5, 5.41) is 0. The number of nitrogens with zero attached hydrogens (tertiary/aromatic N) is 1. The molecule has 0 unspecified atom stereocenters. The van der Waals surface area contributed by atoms with Gasteiger partial charge in [0.2, 0.25) is 0 Å². The van der Waals surface area contributed by atoms with Crippen molar-refractivity contribution < 1.29 is 0 Å². The van der Waals surface area contributed by atoms with E-state index < -0.39 is 0 Å².